The van der Waals surface area contributed by atoms with Gasteiger partial charge in [-0.15, -0.1) is 0 Å². The molecule has 1 saturated carbocycles. The second-order valence-electron chi connectivity index (χ2n) is 6.15. The predicted octanol–water partition coefficient (Wildman–Crippen LogP) is 4.64. The van der Waals surface area contributed by atoms with Gasteiger partial charge >= 0.3 is 0 Å². The van der Waals surface area contributed by atoms with Crippen LogP contribution in [0, 0.1) is 0 Å². The maximum atomic E-state index is 11.2. The lowest BCUT2D eigenvalue weighted by Gasteiger charge is -2.17. The molecule has 0 radical (unpaired) electrons. The average molecular weight is 325 g/mol. The number of hydrogen-bond acceptors (Lipinski definition) is 3. The van der Waals surface area contributed by atoms with E-state index in [9.17, 15) is 4.79 Å². The summed E-state index contributed by atoms with van der Waals surface area (Å²) in [6, 6.07) is 13.8. The molecule has 1 N–H and O–H groups in total. The van der Waals surface area contributed by atoms with Crippen LogP contribution < -0.4 is 14.8 Å². The van der Waals surface area contributed by atoms with Gasteiger partial charge in [0.15, 0.2) is 11.5 Å². The molecule has 0 aromatic heterocycles. The average Bonchev–Trinajstić information content (AvgIpc) is 3.07. The Morgan fingerprint density at radius 1 is 1.04 bits per heavy atom. The quantitative estimate of drug-likeness (QED) is 0.871. The van der Waals surface area contributed by atoms with Gasteiger partial charge in [-0.3, -0.25) is 4.79 Å². The van der Waals surface area contributed by atoms with Crippen molar-refractivity contribution in [2.75, 3.05) is 12.4 Å². The first kappa shape index (κ1) is 16.4. The summed E-state index contributed by atoms with van der Waals surface area (Å²) in [6.07, 6.45) is 4.94. The maximum Gasteiger partial charge on any atom is 0.221 e. The van der Waals surface area contributed by atoms with Crippen molar-refractivity contribution in [3.63, 3.8) is 0 Å². The Hall–Kier alpha value is -2.49. The number of carbonyl (C=O) groups is 1. The van der Waals surface area contributed by atoms with E-state index in [1.165, 1.54) is 19.8 Å². The zero-order chi connectivity index (χ0) is 16.9. The number of benzene rings is 2. The zero-order valence-corrected chi connectivity index (χ0v) is 14.2. The third kappa shape index (κ3) is 3.88. The number of anilines is 1. The number of methoxy groups -OCH3 is 1. The first-order chi connectivity index (χ1) is 11.7. The molecular weight excluding hydrogens is 302 g/mol. The minimum absolute atomic E-state index is 0.0767. The molecule has 0 atom stereocenters. The Kier molecular flexibility index (Phi) is 5.04. The fourth-order valence-corrected chi connectivity index (χ4v) is 3.11. The number of amides is 1. The first-order valence-electron chi connectivity index (χ1n) is 8.38. The monoisotopic (exact) mass is 325 g/mol. The van der Waals surface area contributed by atoms with Crippen LogP contribution in [0.2, 0.25) is 0 Å². The van der Waals surface area contributed by atoms with E-state index >= 15 is 0 Å². The molecule has 3 rings (SSSR count). The largest absolute Gasteiger partial charge is 0.493 e. The van der Waals surface area contributed by atoms with Crippen molar-refractivity contribution in [3.8, 4) is 22.6 Å². The second-order valence-corrected chi connectivity index (χ2v) is 6.15. The van der Waals surface area contributed by atoms with Crippen molar-refractivity contribution in [1.29, 1.82) is 0 Å². The molecule has 0 unspecified atom stereocenters. The van der Waals surface area contributed by atoms with E-state index in [-0.39, 0.29) is 12.0 Å². The molecule has 1 amide bonds. The molecule has 2 aromatic carbocycles. The lowest BCUT2D eigenvalue weighted by Crippen LogP contribution is -2.11. The van der Waals surface area contributed by atoms with E-state index in [2.05, 4.69) is 5.32 Å². The Morgan fingerprint density at radius 2 is 1.79 bits per heavy atom. The fraction of sp³-hybridized carbons (Fsp3) is 0.350. The summed E-state index contributed by atoms with van der Waals surface area (Å²) < 4.78 is 11.6. The number of carbonyl (C=O) groups excluding carboxylic acids is 1. The highest BCUT2D eigenvalue weighted by Crippen LogP contribution is 2.35. The van der Waals surface area contributed by atoms with Gasteiger partial charge in [-0.25, -0.2) is 0 Å². The third-order valence-corrected chi connectivity index (χ3v) is 4.28. The van der Waals surface area contributed by atoms with Crippen molar-refractivity contribution >= 4 is 11.6 Å². The second kappa shape index (κ2) is 7.39. The van der Waals surface area contributed by atoms with Crippen LogP contribution in [0.15, 0.2) is 42.5 Å². The third-order valence-electron chi connectivity index (χ3n) is 4.28. The van der Waals surface area contributed by atoms with Crippen LogP contribution in [0.5, 0.6) is 11.5 Å². The van der Waals surface area contributed by atoms with Crippen LogP contribution in [0.4, 0.5) is 5.69 Å². The Bertz CT molecular complexity index is 721. The van der Waals surface area contributed by atoms with Crippen LogP contribution in [-0.2, 0) is 4.79 Å². The van der Waals surface area contributed by atoms with Crippen LogP contribution in [0.1, 0.15) is 32.6 Å². The fourth-order valence-electron chi connectivity index (χ4n) is 3.11. The van der Waals surface area contributed by atoms with Crippen molar-refractivity contribution in [1.82, 2.24) is 0 Å². The summed E-state index contributed by atoms with van der Waals surface area (Å²) >= 11 is 0. The van der Waals surface area contributed by atoms with Gasteiger partial charge < -0.3 is 14.8 Å². The topological polar surface area (TPSA) is 47.6 Å². The summed E-state index contributed by atoms with van der Waals surface area (Å²) in [5, 5.41) is 2.82. The number of ether oxygens (including phenoxy) is 2. The summed E-state index contributed by atoms with van der Waals surface area (Å²) in [4.78, 5) is 11.2. The molecular formula is C20H23NO3. The highest BCUT2D eigenvalue weighted by atomic mass is 16.5. The van der Waals surface area contributed by atoms with E-state index < -0.39 is 0 Å². The molecule has 0 spiro atoms. The van der Waals surface area contributed by atoms with E-state index in [4.69, 9.17) is 9.47 Å². The molecule has 1 aliphatic carbocycles. The molecule has 4 heteroatoms. The van der Waals surface area contributed by atoms with Gasteiger partial charge in [0.25, 0.3) is 0 Å². The summed E-state index contributed by atoms with van der Waals surface area (Å²) in [5.74, 6) is 1.46. The van der Waals surface area contributed by atoms with Crippen molar-refractivity contribution in [2.24, 2.45) is 0 Å². The van der Waals surface area contributed by atoms with Crippen LogP contribution in [0.3, 0.4) is 0 Å². The lowest BCUT2D eigenvalue weighted by atomic mass is 10.0. The lowest BCUT2D eigenvalue weighted by molar-refractivity contribution is -0.114. The highest BCUT2D eigenvalue weighted by molar-refractivity contribution is 5.89. The molecule has 0 saturated heterocycles. The minimum atomic E-state index is -0.0767. The standard InChI is InChI=1S/C20H23NO3/c1-14(22)21-17-7-5-6-15(12-17)16-10-11-19(23-2)20(13-16)24-18-8-3-4-9-18/h5-7,10-13,18H,3-4,8-9H2,1-2H3,(H,21,22). The smallest absolute Gasteiger partial charge is 0.221 e. The molecule has 1 fully saturated rings. The Labute approximate surface area is 142 Å². The van der Waals surface area contributed by atoms with Gasteiger partial charge in [-0.05, 0) is 61.1 Å². The van der Waals surface area contributed by atoms with Crippen molar-refractivity contribution in [2.45, 2.75) is 38.7 Å². The van der Waals surface area contributed by atoms with E-state index in [1.807, 2.05) is 42.5 Å². The van der Waals surface area contributed by atoms with Gasteiger partial charge in [0.05, 0.1) is 13.2 Å². The molecule has 0 aliphatic heterocycles. The van der Waals surface area contributed by atoms with E-state index in [0.29, 0.717) is 0 Å². The Balaban J connectivity index is 1.89. The molecule has 0 heterocycles. The van der Waals surface area contributed by atoms with E-state index in [0.717, 1.165) is 41.2 Å². The van der Waals surface area contributed by atoms with Crippen molar-refractivity contribution in [3.05, 3.63) is 42.5 Å². The summed E-state index contributed by atoms with van der Waals surface area (Å²) in [5.41, 5.74) is 2.85. The van der Waals surface area contributed by atoms with Gasteiger partial charge in [-0.1, -0.05) is 18.2 Å². The summed E-state index contributed by atoms with van der Waals surface area (Å²) in [7, 11) is 1.66. The van der Waals surface area contributed by atoms with Crippen molar-refractivity contribution < 1.29 is 14.3 Å². The van der Waals surface area contributed by atoms with Crippen LogP contribution in [-0.4, -0.2) is 19.1 Å². The molecule has 24 heavy (non-hydrogen) atoms. The summed E-state index contributed by atoms with van der Waals surface area (Å²) in [6.45, 7) is 1.51. The molecule has 126 valence electrons. The minimum Gasteiger partial charge on any atom is -0.493 e. The van der Waals surface area contributed by atoms with Crippen LogP contribution in [0.25, 0.3) is 11.1 Å². The van der Waals surface area contributed by atoms with E-state index in [1.54, 1.807) is 7.11 Å². The normalized spacial score (nSPS) is 14.4. The highest BCUT2D eigenvalue weighted by Gasteiger charge is 2.18. The van der Waals surface area contributed by atoms with Gasteiger partial charge in [0, 0.05) is 12.6 Å². The van der Waals surface area contributed by atoms with Gasteiger partial charge in [0.1, 0.15) is 0 Å². The predicted molar refractivity (Wildman–Crippen MR) is 95.6 cm³/mol. The van der Waals surface area contributed by atoms with Crippen LogP contribution >= 0.6 is 0 Å². The maximum absolute atomic E-state index is 11.2. The molecule has 1 aliphatic rings. The molecule has 0 bridgehead atoms. The van der Waals surface area contributed by atoms with Gasteiger partial charge in [0.2, 0.25) is 5.91 Å². The first-order valence-corrected chi connectivity index (χ1v) is 8.38. The number of nitrogens with one attached hydrogen (secondary N) is 1. The zero-order valence-electron chi connectivity index (χ0n) is 14.2. The molecule has 2 aromatic rings. The Morgan fingerprint density at radius 3 is 2.50 bits per heavy atom. The number of hydrogen-bond donors (Lipinski definition) is 1. The van der Waals surface area contributed by atoms with Gasteiger partial charge in [-0.2, -0.15) is 0 Å². The number of rotatable bonds is 5. The molecule has 4 nitrogen and oxygen atoms in total. The SMILES string of the molecule is COc1ccc(-c2cccc(NC(C)=O)c2)cc1OC1CCCC1.